The number of hydrogen-bond donors (Lipinski definition) is 0. The Labute approximate surface area is 142 Å². The van der Waals surface area contributed by atoms with Gasteiger partial charge in [-0.05, 0) is 35.0 Å². The molecule has 0 radical (unpaired) electrons. The topological polar surface area (TPSA) is 46.8 Å². The van der Waals surface area contributed by atoms with E-state index in [1.165, 1.54) is 11.1 Å². The third-order valence-corrected chi connectivity index (χ3v) is 4.36. The van der Waals surface area contributed by atoms with Crippen molar-refractivity contribution in [3.8, 4) is 0 Å². The lowest BCUT2D eigenvalue weighted by atomic mass is 10.1. The average molecular weight is 321 g/mol. The maximum atomic E-state index is 4.24. The van der Waals surface area contributed by atoms with Crippen LogP contribution in [0, 0.1) is 0 Å². The number of aromatic nitrogens is 4. The lowest BCUT2D eigenvalue weighted by Crippen LogP contribution is -2.28. The Hall–Kier alpha value is -2.53. The Morgan fingerprint density at radius 2 is 1.67 bits per heavy atom. The SMILES string of the molecule is CCN(Cc1nnnn1Cc1ccccc1)[C@H](C)c1ccccc1. The number of rotatable bonds is 7. The summed E-state index contributed by atoms with van der Waals surface area (Å²) in [6.45, 7) is 6.76. The highest BCUT2D eigenvalue weighted by Crippen LogP contribution is 2.21. The molecule has 0 saturated heterocycles. The predicted octanol–water partition coefficient (Wildman–Crippen LogP) is 3.30. The smallest absolute Gasteiger partial charge is 0.165 e. The summed E-state index contributed by atoms with van der Waals surface area (Å²) in [5.41, 5.74) is 2.51. The number of tetrazole rings is 1. The molecule has 2 aromatic carbocycles. The molecule has 0 saturated carbocycles. The molecule has 24 heavy (non-hydrogen) atoms. The van der Waals surface area contributed by atoms with Crippen LogP contribution >= 0.6 is 0 Å². The van der Waals surface area contributed by atoms with Crippen LogP contribution in [0.1, 0.15) is 36.8 Å². The minimum atomic E-state index is 0.318. The van der Waals surface area contributed by atoms with Crippen molar-refractivity contribution in [1.82, 2.24) is 25.1 Å². The van der Waals surface area contributed by atoms with Crippen molar-refractivity contribution >= 4 is 0 Å². The molecule has 0 aliphatic rings. The fourth-order valence-electron chi connectivity index (χ4n) is 2.86. The van der Waals surface area contributed by atoms with Crippen LogP contribution in [-0.2, 0) is 13.1 Å². The minimum absolute atomic E-state index is 0.318. The van der Waals surface area contributed by atoms with Crippen molar-refractivity contribution in [2.45, 2.75) is 33.0 Å². The molecule has 0 fully saturated rings. The van der Waals surface area contributed by atoms with Gasteiger partial charge >= 0.3 is 0 Å². The van der Waals surface area contributed by atoms with Crippen molar-refractivity contribution in [3.63, 3.8) is 0 Å². The van der Waals surface area contributed by atoms with Gasteiger partial charge in [-0.1, -0.05) is 67.6 Å². The van der Waals surface area contributed by atoms with Gasteiger partial charge in [0.05, 0.1) is 13.1 Å². The van der Waals surface area contributed by atoms with Crippen LogP contribution in [-0.4, -0.2) is 31.7 Å². The molecule has 0 spiro atoms. The van der Waals surface area contributed by atoms with Gasteiger partial charge in [-0.2, -0.15) is 0 Å². The van der Waals surface area contributed by atoms with Crippen LogP contribution in [0.4, 0.5) is 0 Å². The molecule has 1 heterocycles. The molecule has 0 aliphatic carbocycles. The molecule has 0 N–H and O–H groups in total. The molecule has 1 atom stereocenters. The Bertz CT molecular complexity index is 739. The normalized spacial score (nSPS) is 12.5. The monoisotopic (exact) mass is 321 g/mol. The van der Waals surface area contributed by atoms with E-state index in [-0.39, 0.29) is 0 Å². The summed E-state index contributed by atoms with van der Waals surface area (Å²) in [7, 11) is 0. The summed E-state index contributed by atoms with van der Waals surface area (Å²) in [5, 5.41) is 12.3. The van der Waals surface area contributed by atoms with Crippen molar-refractivity contribution < 1.29 is 0 Å². The van der Waals surface area contributed by atoms with Gasteiger partial charge < -0.3 is 0 Å². The van der Waals surface area contributed by atoms with E-state index in [4.69, 9.17) is 0 Å². The van der Waals surface area contributed by atoms with E-state index in [1.54, 1.807) is 0 Å². The predicted molar refractivity (Wildman–Crippen MR) is 94.3 cm³/mol. The molecule has 0 aliphatic heterocycles. The first-order valence-corrected chi connectivity index (χ1v) is 8.36. The first-order valence-electron chi connectivity index (χ1n) is 8.36. The second kappa shape index (κ2) is 7.84. The van der Waals surface area contributed by atoms with Gasteiger partial charge in [-0.3, -0.25) is 4.90 Å². The standard InChI is InChI=1S/C19H23N5/c1-3-23(16(2)18-12-8-5-9-13-18)15-19-20-21-22-24(19)14-17-10-6-4-7-11-17/h4-13,16H,3,14-15H2,1-2H3/t16-/m1/s1. The summed E-state index contributed by atoms with van der Waals surface area (Å²) >= 11 is 0. The molecule has 3 rings (SSSR count). The van der Waals surface area contributed by atoms with E-state index in [0.29, 0.717) is 12.6 Å². The third-order valence-electron chi connectivity index (χ3n) is 4.36. The molecule has 3 aromatic rings. The molecule has 0 bridgehead atoms. The largest absolute Gasteiger partial charge is 0.289 e. The fraction of sp³-hybridized carbons (Fsp3) is 0.316. The van der Waals surface area contributed by atoms with Gasteiger partial charge in [-0.15, -0.1) is 5.10 Å². The van der Waals surface area contributed by atoms with Crippen molar-refractivity contribution in [3.05, 3.63) is 77.6 Å². The van der Waals surface area contributed by atoms with Gasteiger partial charge in [-0.25, -0.2) is 4.68 Å². The van der Waals surface area contributed by atoms with Gasteiger partial charge in [0, 0.05) is 6.04 Å². The summed E-state index contributed by atoms with van der Waals surface area (Å²) in [4.78, 5) is 2.38. The third kappa shape index (κ3) is 3.86. The van der Waals surface area contributed by atoms with Crippen molar-refractivity contribution in [2.75, 3.05) is 6.54 Å². The second-order valence-electron chi connectivity index (χ2n) is 5.89. The molecular weight excluding hydrogens is 298 g/mol. The van der Waals surface area contributed by atoms with Crippen molar-refractivity contribution in [1.29, 1.82) is 0 Å². The van der Waals surface area contributed by atoms with Crippen LogP contribution in [0.5, 0.6) is 0 Å². The highest BCUT2D eigenvalue weighted by molar-refractivity contribution is 5.18. The van der Waals surface area contributed by atoms with Gasteiger partial charge in [0.2, 0.25) is 0 Å². The molecule has 1 aromatic heterocycles. The Balaban J connectivity index is 1.74. The van der Waals surface area contributed by atoms with Crippen LogP contribution in [0.15, 0.2) is 60.7 Å². The van der Waals surface area contributed by atoms with Crippen LogP contribution < -0.4 is 0 Å². The number of hydrogen-bond acceptors (Lipinski definition) is 4. The Morgan fingerprint density at radius 3 is 2.33 bits per heavy atom. The first-order chi connectivity index (χ1) is 11.8. The lowest BCUT2D eigenvalue weighted by Gasteiger charge is -2.27. The summed E-state index contributed by atoms with van der Waals surface area (Å²) in [6.07, 6.45) is 0. The fourth-order valence-corrected chi connectivity index (χ4v) is 2.86. The number of benzene rings is 2. The van der Waals surface area contributed by atoms with E-state index < -0.39 is 0 Å². The summed E-state index contributed by atoms with van der Waals surface area (Å²) < 4.78 is 1.88. The number of nitrogens with zero attached hydrogens (tertiary/aromatic N) is 5. The maximum Gasteiger partial charge on any atom is 0.165 e. The lowest BCUT2D eigenvalue weighted by molar-refractivity contribution is 0.204. The Kier molecular flexibility index (Phi) is 5.33. The van der Waals surface area contributed by atoms with Crippen molar-refractivity contribution in [2.24, 2.45) is 0 Å². The highest BCUT2D eigenvalue weighted by atomic mass is 15.5. The zero-order chi connectivity index (χ0) is 16.8. The van der Waals surface area contributed by atoms with E-state index in [2.05, 4.69) is 70.7 Å². The molecule has 5 heteroatoms. The second-order valence-corrected chi connectivity index (χ2v) is 5.89. The Morgan fingerprint density at radius 1 is 1.00 bits per heavy atom. The van der Waals surface area contributed by atoms with Crippen LogP contribution in [0.3, 0.4) is 0 Å². The van der Waals surface area contributed by atoms with Gasteiger partial charge in [0.25, 0.3) is 0 Å². The van der Waals surface area contributed by atoms with E-state index >= 15 is 0 Å². The molecular formula is C19H23N5. The quantitative estimate of drug-likeness (QED) is 0.670. The zero-order valence-corrected chi connectivity index (χ0v) is 14.2. The van der Waals surface area contributed by atoms with Gasteiger partial charge in [0.1, 0.15) is 0 Å². The highest BCUT2D eigenvalue weighted by Gasteiger charge is 2.17. The average Bonchev–Trinajstić information content (AvgIpc) is 3.07. The molecule has 124 valence electrons. The minimum Gasteiger partial charge on any atom is -0.289 e. The van der Waals surface area contributed by atoms with Crippen LogP contribution in [0.25, 0.3) is 0 Å². The van der Waals surface area contributed by atoms with E-state index in [1.807, 2.05) is 28.9 Å². The summed E-state index contributed by atoms with van der Waals surface area (Å²) in [5.74, 6) is 0.892. The molecule has 5 nitrogen and oxygen atoms in total. The van der Waals surface area contributed by atoms with Crippen LogP contribution in [0.2, 0.25) is 0 Å². The zero-order valence-electron chi connectivity index (χ0n) is 14.2. The van der Waals surface area contributed by atoms with Gasteiger partial charge in [0.15, 0.2) is 5.82 Å². The summed E-state index contributed by atoms with van der Waals surface area (Å²) in [6, 6.07) is 21.1. The molecule has 0 amide bonds. The first kappa shape index (κ1) is 16.3. The maximum absolute atomic E-state index is 4.24. The molecule has 0 unspecified atom stereocenters. The van der Waals surface area contributed by atoms with E-state index in [0.717, 1.165) is 18.9 Å². The van der Waals surface area contributed by atoms with E-state index in [9.17, 15) is 0 Å².